The van der Waals surface area contributed by atoms with Gasteiger partial charge in [0.15, 0.2) is 0 Å². The third kappa shape index (κ3) is 2.17. The van der Waals surface area contributed by atoms with E-state index in [1.54, 1.807) is 7.11 Å². The quantitative estimate of drug-likeness (QED) is 0.922. The van der Waals surface area contributed by atoms with Gasteiger partial charge in [-0.25, -0.2) is 0 Å². The fourth-order valence-electron chi connectivity index (χ4n) is 3.33. The Hall–Kier alpha value is -1.26. The normalized spacial score (nSPS) is 31.9. The van der Waals surface area contributed by atoms with Crippen LogP contribution in [-0.4, -0.2) is 32.0 Å². The number of fused-ring (bicyclic) bond motifs is 1. The molecule has 0 bridgehead atoms. The van der Waals surface area contributed by atoms with E-state index in [2.05, 4.69) is 25.2 Å². The minimum Gasteiger partial charge on any atom is -0.497 e. The third-order valence-electron chi connectivity index (χ3n) is 4.54. The summed E-state index contributed by atoms with van der Waals surface area (Å²) >= 11 is 0. The van der Waals surface area contributed by atoms with Crippen LogP contribution in [0.2, 0.25) is 0 Å². The van der Waals surface area contributed by atoms with Crippen molar-refractivity contribution < 1.29 is 14.2 Å². The van der Waals surface area contributed by atoms with Crippen molar-refractivity contribution in [1.29, 1.82) is 0 Å². The number of hydrogen-bond acceptors (Lipinski definition) is 4. The molecule has 0 saturated carbocycles. The largest absolute Gasteiger partial charge is 0.497 e. The lowest BCUT2D eigenvalue weighted by molar-refractivity contribution is -0.0307. The Balaban J connectivity index is 1.99. The van der Waals surface area contributed by atoms with Crippen LogP contribution in [-0.2, 0) is 4.74 Å². The van der Waals surface area contributed by atoms with Gasteiger partial charge in [0.1, 0.15) is 17.1 Å². The summed E-state index contributed by atoms with van der Waals surface area (Å²) in [6.45, 7) is 5.97. The average Bonchev–Trinajstić information content (AvgIpc) is 2.79. The molecule has 3 atom stereocenters. The summed E-state index contributed by atoms with van der Waals surface area (Å²) in [4.78, 5) is 0. The number of rotatable bonds is 3. The Bertz CT molecular complexity index is 491. The second-order valence-electron chi connectivity index (χ2n) is 5.65. The van der Waals surface area contributed by atoms with Crippen molar-refractivity contribution in [1.82, 2.24) is 5.32 Å². The van der Waals surface area contributed by atoms with Crippen molar-refractivity contribution in [2.75, 3.05) is 20.3 Å². The van der Waals surface area contributed by atoms with Gasteiger partial charge < -0.3 is 19.5 Å². The van der Waals surface area contributed by atoms with Gasteiger partial charge in [0.05, 0.1) is 19.8 Å². The van der Waals surface area contributed by atoms with Crippen LogP contribution < -0.4 is 14.8 Å². The molecule has 1 saturated heterocycles. The van der Waals surface area contributed by atoms with E-state index in [-0.39, 0.29) is 11.7 Å². The summed E-state index contributed by atoms with van der Waals surface area (Å²) in [7, 11) is 1.68. The first kappa shape index (κ1) is 13.7. The number of benzene rings is 1. The fraction of sp³-hybridized carbons (Fsp3) is 0.625. The topological polar surface area (TPSA) is 39.7 Å². The molecule has 110 valence electrons. The summed E-state index contributed by atoms with van der Waals surface area (Å²) in [5.41, 5.74) is 1.02. The van der Waals surface area contributed by atoms with Crippen LogP contribution >= 0.6 is 0 Å². The summed E-state index contributed by atoms with van der Waals surface area (Å²) in [5.74, 6) is 1.77. The van der Waals surface area contributed by atoms with E-state index in [1.807, 2.05) is 12.1 Å². The molecule has 1 aromatic rings. The molecule has 3 rings (SSSR count). The van der Waals surface area contributed by atoms with Crippen molar-refractivity contribution >= 4 is 0 Å². The summed E-state index contributed by atoms with van der Waals surface area (Å²) in [6.07, 6.45) is 2.04. The Morgan fingerprint density at radius 1 is 1.45 bits per heavy atom. The monoisotopic (exact) mass is 277 g/mol. The lowest BCUT2D eigenvalue weighted by Gasteiger charge is -2.42. The molecule has 1 fully saturated rings. The maximum atomic E-state index is 6.37. The Kier molecular flexibility index (Phi) is 3.61. The number of hydrogen-bond donors (Lipinski definition) is 1. The SMILES string of the molecule is CCNC1CC2(CCOC2C)Oc2cc(OC)ccc21. The molecule has 2 heterocycles. The second-order valence-corrected chi connectivity index (χ2v) is 5.65. The molecule has 1 aromatic carbocycles. The molecule has 2 aliphatic heterocycles. The van der Waals surface area contributed by atoms with E-state index < -0.39 is 0 Å². The smallest absolute Gasteiger partial charge is 0.139 e. The van der Waals surface area contributed by atoms with Crippen LogP contribution in [0.25, 0.3) is 0 Å². The summed E-state index contributed by atoms with van der Waals surface area (Å²) < 4.78 is 17.4. The van der Waals surface area contributed by atoms with E-state index in [0.29, 0.717) is 6.04 Å². The zero-order valence-electron chi connectivity index (χ0n) is 12.4. The van der Waals surface area contributed by atoms with Gasteiger partial charge in [0.25, 0.3) is 0 Å². The van der Waals surface area contributed by atoms with Crippen molar-refractivity contribution in [2.45, 2.75) is 44.4 Å². The molecule has 4 heteroatoms. The third-order valence-corrected chi connectivity index (χ3v) is 4.54. The lowest BCUT2D eigenvalue weighted by atomic mass is 9.83. The highest BCUT2D eigenvalue weighted by Gasteiger charge is 2.48. The molecule has 20 heavy (non-hydrogen) atoms. The highest BCUT2D eigenvalue weighted by Crippen LogP contribution is 2.46. The summed E-state index contributed by atoms with van der Waals surface area (Å²) in [6, 6.07) is 6.42. The molecule has 3 unspecified atom stereocenters. The average molecular weight is 277 g/mol. The van der Waals surface area contributed by atoms with Crippen LogP contribution in [0.5, 0.6) is 11.5 Å². The highest BCUT2D eigenvalue weighted by molar-refractivity contribution is 5.45. The Morgan fingerprint density at radius 2 is 2.30 bits per heavy atom. The van der Waals surface area contributed by atoms with E-state index in [9.17, 15) is 0 Å². The van der Waals surface area contributed by atoms with Gasteiger partial charge in [-0.3, -0.25) is 0 Å². The summed E-state index contributed by atoms with van der Waals surface area (Å²) in [5, 5.41) is 3.57. The molecule has 0 aromatic heterocycles. The van der Waals surface area contributed by atoms with Gasteiger partial charge in [-0.2, -0.15) is 0 Å². The predicted octanol–water partition coefficient (Wildman–Crippen LogP) is 2.68. The van der Waals surface area contributed by atoms with Crippen molar-refractivity contribution in [3.05, 3.63) is 23.8 Å². The van der Waals surface area contributed by atoms with Gasteiger partial charge >= 0.3 is 0 Å². The van der Waals surface area contributed by atoms with E-state index in [0.717, 1.165) is 37.5 Å². The Morgan fingerprint density at radius 3 is 2.95 bits per heavy atom. The van der Waals surface area contributed by atoms with Gasteiger partial charge in [0, 0.05) is 30.5 Å². The van der Waals surface area contributed by atoms with Crippen LogP contribution in [0, 0.1) is 0 Å². The molecule has 1 N–H and O–H groups in total. The zero-order valence-corrected chi connectivity index (χ0v) is 12.4. The van der Waals surface area contributed by atoms with E-state index in [1.165, 1.54) is 5.56 Å². The number of methoxy groups -OCH3 is 1. The standard InChI is InChI=1S/C16H23NO3/c1-4-17-14-10-16(7-8-19-11(16)2)20-15-9-12(18-3)5-6-13(14)15/h5-6,9,11,14,17H,4,7-8,10H2,1-3H3. The molecule has 2 aliphatic rings. The molecule has 0 amide bonds. The van der Waals surface area contributed by atoms with E-state index >= 15 is 0 Å². The predicted molar refractivity (Wildman–Crippen MR) is 77.4 cm³/mol. The molecular weight excluding hydrogens is 254 g/mol. The van der Waals surface area contributed by atoms with Gasteiger partial charge in [-0.15, -0.1) is 0 Å². The van der Waals surface area contributed by atoms with E-state index in [4.69, 9.17) is 14.2 Å². The first-order valence-corrected chi connectivity index (χ1v) is 7.40. The van der Waals surface area contributed by atoms with Gasteiger partial charge in [0.2, 0.25) is 0 Å². The molecule has 1 spiro atoms. The number of ether oxygens (including phenoxy) is 3. The number of nitrogens with one attached hydrogen (secondary N) is 1. The molecular formula is C16H23NO3. The lowest BCUT2D eigenvalue weighted by Crippen LogP contribution is -2.48. The van der Waals surface area contributed by atoms with Crippen LogP contribution in [0.3, 0.4) is 0 Å². The van der Waals surface area contributed by atoms with Crippen molar-refractivity contribution in [3.8, 4) is 11.5 Å². The maximum absolute atomic E-state index is 6.37. The van der Waals surface area contributed by atoms with Crippen LogP contribution in [0.4, 0.5) is 0 Å². The van der Waals surface area contributed by atoms with Crippen molar-refractivity contribution in [3.63, 3.8) is 0 Å². The first-order chi connectivity index (χ1) is 9.68. The van der Waals surface area contributed by atoms with Crippen LogP contribution in [0.15, 0.2) is 18.2 Å². The van der Waals surface area contributed by atoms with Crippen molar-refractivity contribution in [2.24, 2.45) is 0 Å². The highest BCUT2D eigenvalue weighted by atomic mass is 16.6. The van der Waals surface area contributed by atoms with Gasteiger partial charge in [-0.1, -0.05) is 13.0 Å². The second kappa shape index (κ2) is 5.26. The molecule has 0 radical (unpaired) electrons. The first-order valence-electron chi connectivity index (χ1n) is 7.40. The Labute approximate surface area is 120 Å². The fourth-order valence-corrected chi connectivity index (χ4v) is 3.33. The molecule has 0 aliphatic carbocycles. The van der Waals surface area contributed by atoms with Crippen LogP contribution in [0.1, 0.15) is 38.3 Å². The zero-order chi connectivity index (χ0) is 14.2. The maximum Gasteiger partial charge on any atom is 0.139 e. The molecule has 4 nitrogen and oxygen atoms in total. The minimum atomic E-state index is -0.202. The van der Waals surface area contributed by atoms with Gasteiger partial charge in [-0.05, 0) is 19.5 Å². The minimum absolute atomic E-state index is 0.128.